The van der Waals surface area contributed by atoms with E-state index in [-0.39, 0.29) is 5.02 Å². The van der Waals surface area contributed by atoms with Crippen LogP contribution in [0.1, 0.15) is 11.1 Å². The molecule has 0 saturated carbocycles. The Morgan fingerprint density at radius 2 is 2.00 bits per heavy atom. The minimum atomic E-state index is -0.483. The van der Waals surface area contributed by atoms with Gasteiger partial charge in [0.2, 0.25) is 0 Å². The summed E-state index contributed by atoms with van der Waals surface area (Å²) in [6, 6.07) is 10.3. The van der Waals surface area contributed by atoms with Crippen LogP contribution in [0.2, 0.25) is 5.02 Å². The van der Waals surface area contributed by atoms with Crippen molar-refractivity contribution >= 4 is 27.5 Å². The van der Waals surface area contributed by atoms with Crippen molar-refractivity contribution in [2.24, 2.45) is 0 Å². The molecule has 94 valence electrons. The molecule has 0 heterocycles. The van der Waals surface area contributed by atoms with Gasteiger partial charge in [0.1, 0.15) is 17.3 Å². The molecule has 0 atom stereocenters. The van der Waals surface area contributed by atoms with Crippen LogP contribution in [0.5, 0.6) is 11.5 Å². The lowest BCUT2D eigenvalue weighted by Crippen LogP contribution is -1.90. The average molecular weight is 330 g/mol. The number of benzene rings is 2. The summed E-state index contributed by atoms with van der Waals surface area (Å²) < 4.78 is 18.9. The highest BCUT2D eigenvalue weighted by molar-refractivity contribution is 9.08. The SMILES string of the molecule is Cc1cc(CBr)ccc1Oc1ccc(Cl)c(F)c1. The fourth-order valence-electron chi connectivity index (χ4n) is 1.58. The highest BCUT2D eigenvalue weighted by Gasteiger charge is 2.05. The highest BCUT2D eigenvalue weighted by atomic mass is 79.9. The van der Waals surface area contributed by atoms with Crippen LogP contribution in [0.3, 0.4) is 0 Å². The zero-order valence-corrected chi connectivity index (χ0v) is 12.1. The lowest BCUT2D eigenvalue weighted by molar-refractivity contribution is 0.473. The minimum absolute atomic E-state index is 0.0914. The largest absolute Gasteiger partial charge is 0.457 e. The molecule has 0 bridgehead atoms. The van der Waals surface area contributed by atoms with Gasteiger partial charge in [0.15, 0.2) is 0 Å². The van der Waals surface area contributed by atoms with Gasteiger partial charge in [-0.25, -0.2) is 4.39 Å². The predicted molar refractivity (Wildman–Crippen MR) is 75.3 cm³/mol. The van der Waals surface area contributed by atoms with E-state index in [2.05, 4.69) is 15.9 Å². The van der Waals surface area contributed by atoms with Gasteiger partial charge in [0.25, 0.3) is 0 Å². The molecule has 0 unspecified atom stereocenters. The summed E-state index contributed by atoms with van der Waals surface area (Å²) in [6.45, 7) is 1.95. The van der Waals surface area contributed by atoms with E-state index in [0.717, 1.165) is 10.9 Å². The Bertz CT molecular complexity index is 572. The van der Waals surface area contributed by atoms with Crippen molar-refractivity contribution in [1.29, 1.82) is 0 Å². The Morgan fingerprint density at radius 1 is 1.22 bits per heavy atom. The highest BCUT2D eigenvalue weighted by Crippen LogP contribution is 2.28. The Hall–Kier alpha value is -1.06. The summed E-state index contributed by atoms with van der Waals surface area (Å²) in [5, 5.41) is 0.887. The average Bonchev–Trinajstić information content (AvgIpc) is 2.36. The maximum absolute atomic E-state index is 13.3. The van der Waals surface area contributed by atoms with Crippen LogP contribution in [0.15, 0.2) is 36.4 Å². The summed E-state index contributed by atoms with van der Waals surface area (Å²) in [5.74, 6) is 0.664. The molecule has 4 heteroatoms. The van der Waals surface area contributed by atoms with Crippen molar-refractivity contribution < 1.29 is 9.13 Å². The topological polar surface area (TPSA) is 9.23 Å². The van der Waals surface area contributed by atoms with Crippen LogP contribution in [0.4, 0.5) is 4.39 Å². The van der Waals surface area contributed by atoms with E-state index in [0.29, 0.717) is 11.5 Å². The third-order valence-electron chi connectivity index (χ3n) is 2.51. The first-order valence-electron chi connectivity index (χ1n) is 5.38. The maximum Gasteiger partial charge on any atom is 0.145 e. The first-order valence-corrected chi connectivity index (χ1v) is 6.88. The van der Waals surface area contributed by atoms with Gasteiger partial charge in [-0.3, -0.25) is 0 Å². The second-order valence-corrected chi connectivity index (χ2v) is 4.88. The second kappa shape index (κ2) is 5.72. The Morgan fingerprint density at radius 3 is 2.61 bits per heavy atom. The summed E-state index contributed by atoms with van der Waals surface area (Å²) in [4.78, 5) is 0. The van der Waals surface area contributed by atoms with Crippen molar-refractivity contribution in [2.75, 3.05) is 0 Å². The fourth-order valence-corrected chi connectivity index (χ4v) is 2.04. The second-order valence-electron chi connectivity index (χ2n) is 3.91. The van der Waals surface area contributed by atoms with Gasteiger partial charge in [-0.15, -0.1) is 0 Å². The molecule has 0 spiro atoms. The van der Waals surface area contributed by atoms with Crippen LogP contribution in [-0.2, 0) is 5.33 Å². The molecule has 0 saturated heterocycles. The smallest absolute Gasteiger partial charge is 0.145 e. The van der Waals surface area contributed by atoms with Crippen LogP contribution < -0.4 is 4.74 Å². The van der Waals surface area contributed by atoms with Crippen LogP contribution in [0, 0.1) is 12.7 Å². The van der Waals surface area contributed by atoms with Gasteiger partial charge in [-0.1, -0.05) is 39.7 Å². The van der Waals surface area contributed by atoms with E-state index in [9.17, 15) is 4.39 Å². The van der Waals surface area contributed by atoms with E-state index < -0.39 is 5.82 Å². The zero-order chi connectivity index (χ0) is 13.1. The van der Waals surface area contributed by atoms with Gasteiger partial charge in [0, 0.05) is 11.4 Å². The minimum Gasteiger partial charge on any atom is -0.457 e. The van der Waals surface area contributed by atoms with E-state index in [1.165, 1.54) is 17.7 Å². The molecule has 0 fully saturated rings. The van der Waals surface area contributed by atoms with Crippen molar-refractivity contribution in [3.63, 3.8) is 0 Å². The van der Waals surface area contributed by atoms with Gasteiger partial charge in [0.05, 0.1) is 5.02 Å². The molecular formula is C14H11BrClFO. The van der Waals surface area contributed by atoms with Crippen molar-refractivity contribution in [3.05, 3.63) is 58.4 Å². The first kappa shape index (κ1) is 13.4. The molecule has 0 aliphatic rings. The Kier molecular flexibility index (Phi) is 4.25. The molecule has 0 aliphatic heterocycles. The number of aryl methyl sites for hydroxylation is 1. The number of alkyl halides is 1. The third-order valence-corrected chi connectivity index (χ3v) is 3.47. The molecule has 18 heavy (non-hydrogen) atoms. The number of hydrogen-bond acceptors (Lipinski definition) is 1. The van der Waals surface area contributed by atoms with E-state index >= 15 is 0 Å². The predicted octanol–water partition coefficient (Wildman–Crippen LogP) is 5.47. The zero-order valence-electron chi connectivity index (χ0n) is 9.71. The normalized spacial score (nSPS) is 10.4. The van der Waals surface area contributed by atoms with Crippen LogP contribution in [0.25, 0.3) is 0 Å². The summed E-state index contributed by atoms with van der Waals surface area (Å²) >= 11 is 9.01. The lowest BCUT2D eigenvalue weighted by atomic mass is 10.1. The van der Waals surface area contributed by atoms with Crippen LogP contribution >= 0.6 is 27.5 Å². The third kappa shape index (κ3) is 3.03. The molecule has 1 nitrogen and oxygen atoms in total. The molecule has 0 N–H and O–H groups in total. The van der Waals surface area contributed by atoms with Gasteiger partial charge >= 0.3 is 0 Å². The quantitative estimate of drug-likeness (QED) is 0.678. The summed E-state index contributed by atoms with van der Waals surface area (Å²) in [6.07, 6.45) is 0. The number of ether oxygens (including phenoxy) is 1. The molecule has 2 aromatic carbocycles. The van der Waals surface area contributed by atoms with Gasteiger partial charge in [-0.2, -0.15) is 0 Å². The monoisotopic (exact) mass is 328 g/mol. The van der Waals surface area contributed by atoms with Crippen molar-refractivity contribution in [2.45, 2.75) is 12.3 Å². The molecular weight excluding hydrogens is 319 g/mol. The molecule has 0 aliphatic carbocycles. The molecule has 0 amide bonds. The Labute approximate surface area is 119 Å². The molecule has 2 rings (SSSR count). The lowest BCUT2D eigenvalue weighted by Gasteiger charge is -2.10. The molecule has 2 aromatic rings. The standard InChI is InChI=1S/C14H11BrClFO/c1-9-6-10(8-15)2-5-14(9)18-11-3-4-12(16)13(17)7-11/h2-7H,8H2,1H3. The summed E-state index contributed by atoms with van der Waals surface area (Å²) in [7, 11) is 0. The van der Waals surface area contributed by atoms with Crippen LogP contribution in [-0.4, -0.2) is 0 Å². The van der Waals surface area contributed by atoms with Gasteiger partial charge < -0.3 is 4.74 Å². The number of rotatable bonds is 3. The summed E-state index contributed by atoms with van der Waals surface area (Å²) in [5.41, 5.74) is 2.17. The van der Waals surface area contributed by atoms with E-state index in [1.807, 2.05) is 25.1 Å². The molecule has 0 radical (unpaired) electrons. The van der Waals surface area contributed by atoms with Crippen molar-refractivity contribution in [1.82, 2.24) is 0 Å². The van der Waals surface area contributed by atoms with E-state index in [1.54, 1.807) is 6.07 Å². The Balaban J connectivity index is 2.25. The first-order chi connectivity index (χ1) is 8.60. The number of halogens is 3. The van der Waals surface area contributed by atoms with Gasteiger partial charge in [-0.05, 0) is 36.2 Å². The molecule has 0 aromatic heterocycles. The van der Waals surface area contributed by atoms with E-state index in [4.69, 9.17) is 16.3 Å². The maximum atomic E-state index is 13.3. The number of hydrogen-bond donors (Lipinski definition) is 0. The fraction of sp³-hybridized carbons (Fsp3) is 0.143. The van der Waals surface area contributed by atoms with Crippen molar-refractivity contribution in [3.8, 4) is 11.5 Å².